The average molecular weight is 413 g/mol. The molecule has 0 amide bonds. The minimum atomic E-state index is -0.0235. The van der Waals surface area contributed by atoms with Gasteiger partial charge in [-0.2, -0.15) is 4.98 Å². The minimum absolute atomic E-state index is 0.0235. The SMILES string of the molecule is COc1cc2c(cc1O)Oc1ncnc(Nc3cccc(Br)c3)c1N=C2. The maximum atomic E-state index is 9.98. The van der Waals surface area contributed by atoms with Gasteiger partial charge >= 0.3 is 0 Å². The number of rotatable bonds is 3. The number of halogens is 1. The van der Waals surface area contributed by atoms with Crippen LogP contribution in [0.25, 0.3) is 0 Å². The van der Waals surface area contributed by atoms with E-state index in [0.29, 0.717) is 28.6 Å². The van der Waals surface area contributed by atoms with E-state index in [2.05, 4.69) is 36.2 Å². The van der Waals surface area contributed by atoms with Crippen LogP contribution in [0, 0.1) is 0 Å². The summed E-state index contributed by atoms with van der Waals surface area (Å²) in [7, 11) is 1.48. The predicted octanol–water partition coefficient (Wildman–Crippen LogP) is 4.55. The van der Waals surface area contributed by atoms with Crippen molar-refractivity contribution in [3.05, 3.63) is 52.8 Å². The van der Waals surface area contributed by atoms with Gasteiger partial charge in [-0.3, -0.25) is 0 Å². The summed E-state index contributed by atoms with van der Waals surface area (Å²) in [6.07, 6.45) is 3.02. The Morgan fingerprint density at radius 2 is 2.08 bits per heavy atom. The molecule has 2 N–H and O–H groups in total. The molecule has 0 atom stereocenters. The number of nitrogens with one attached hydrogen (secondary N) is 1. The highest BCUT2D eigenvalue weighted by atomic mass is 79.9. The van der Waals surface area contributed by atoms with Gasteiger partial charge in [0.2, 0.25) is 0 Å². The fourth-order valence-electron chi connectivity index (χ4n) is 2.50. The van der Waals surface area contributed by atoms with Crippen molar-refractivity contribution < 1.29 is 14.6 Å². The number of anilines is 2. The van der Waals surface area contributed by atoms with Crippen molar-refractivity contribution in [2.45, 2.75) is 0 Å². The number of hydrogen-bond donors (Lipinski definition) is 2. The van der Waals surface area contributed by atoms with Crippen molar-refractivity contribution in [3.63, 3.8) is 0 Å². The van der Waals surface area contributed by atoms with E-state index in [9.17, 15) is 5.11 Å². The second-order valence-corrected chi connectivity index (χ2v) is 6.35. The standard InChI is InChI=1S/C18H13BrN4O3/c1-25-15-5-10-8-20-16-17(23-12-4-2-3-11(19)6-12)21-9-22-18(16)26-14(10)7-13(15)24/h2-9,24H,1H3,(H,21,22,23). The first-order valence-corrected chi connectivity index (χ1v) is 8.44. The number of nitrogens with zero attached hydrogens (tertiary/aromatic N) is 3. The molecule has 0 fully saturated rings. The Bertz CT molecular complexity index is 1020. The summed E-state index contributed by atoms with van der Waals surface area (Å²) in [4.78, 5) is 12.9. The van der Waals surface area contributed by atoms with Gasteiger partial charge in [0.25, 0.3) is 5.88 Å². The molecule has 130 valence electrons. The summed E-state index contributed by atoms with van der Waals surface area (Å²) in [5.74, 6) is 1.54. The molecule has 2 heterocycles. The highest BCUT2D eigenvalue weighted by Crippen LogP contribution is 2.42. The van der Waals surface area contributed by atoms with Gasteiger partial charge < -0.3 is 19.9 Å². The number of aromatic hydroxyl groups is 1. The van der Waals surface area contributed by atoms with Gasteiger partial charge in [-0.25, -0.2) is 9.98 Å². The third kappa shape index (κ3) is 3.06. The van der Waals surface area contributed by atoms with Gasteiger partial charge in [0, 0.05) is 28.0 Å². The number of phenols is 1. The molecular weight excluding hydrogens is 400 g/mol. The number of ether oxygens (including phenoxy) is 2. The van der Waals surface area contributed by atoms with E-state index < -0.39 is 0 Å². The van der Waals surface area contributed by atoms with E-state index in [1.54, 1.807) is 12.3 Å². The molecule has 1 aliphatic rings. The van der Waals surface area contributed by atoms with Crippen molar-refractivity contribution in [1.82, 2.24) is 9.97 Å². The molecule has 1 aromatic heterocycles. The summed E-state index contributed by atoms with van der Waals surface area (Å²) < 4.78 is 11.9. The Hall–Kier alpha value is -3.13. The first kappa shape index (κ1) is 16.3. The second kappa shape index (κ2) is 6.64. The van der Waals surface area contributed by atoms with Gasteiger partial charge in [-0.15, -0.1) is 0 Å². The molecule has 4 rings (SSSR count). The maximum Gasteiger partial charge on any atom is 0.250 e. The number of aliphatic imine (C=N–C) groups is 1. The molecule has 0 saturated carbocycles. The van der Waals surface area contributed by atoms with Crippen LogP contribution in [-0.2, 0) is 0 Å². The summed E-state index contributed by atoms with van der Waals surface area (Å²) in [6, 6.07) is 10.8. The lowest BCUT2D eigenvalue weighted by Gasteiger charge is -2.11. The number of phenolic OH excluding ortho intramolecular Hbond substituents is 1. The molecule has 26 heavy (non-hydrogen) atoms. The van der Waals surface area contributed by atoms with E-state index in [1.807, 2.05) is 24.3 Å². The summed E-state index contributed by atoms with van der Waals surface area (Å²) in [6.45, 7) is 0. The third-order valence-corrected chi connectivity index (χ3v) is 4.22. The van der Waals surface area contributed by atoms with E-state index in [0.717, 1.165) is 10.2 Å². The molecule has 3 aromatic rings. The predicted molar refractivity (Wildman–Crippen MR) is 101 cm³/mol. The van der Waals surface area contributed by atoms with Gasteiger partial charge in [-0.1, -0.05) is 22.0 Å². The largest absolute Gasteiger partial charge is 0.504 e. The van der Waals surface area contributed by atoms with Crippen LogP contribution in [0.2, 0.25) is 0 Å². The molecular formula is C18H13BrN4O3. The molecule has 0 radical (unpaired) electrons. The molecule has 0 unspecified atom stereocenters. The first-order valence-electron chi connectivity index (χ1n) is 7.64. The van der Waals surface area contributed by atoms with Crippen molar-refractivity contribution >= 4 is 39.3 Å². The fourth-order valence-corrected chi connectivity index (χ4v) is 2.90. The molecule has 0 spiro atoms. The molecule has 0 aliphatic carbocycles. The van der Waals surface area contributed by atoms with Gasteiger partial charge in [0.15, 0.2) is 23.0 Å². The number of benzene rings is 2. The highest BCUT2D eigenvalue weighted by Gasteiger charge is 2.19. The highest BCUT2D eigenvalue weighted by molar-refractivity contribution is 9.10. The zero-order valence-electron chi connectivity index (χ0n) is 13.6. The van der Waals surface area contributed by atoms with Crippen LogP contribution in [0.3, 0.4) is 0 Å². The fraction of sp³-hybridized carbons (Fsp3) is 0.0556. The quantitative estimate of drug-likeness (QED) is 0.512. The Morgan fingerprint density at radius 3 is 2.88 bits per heavy atom. The van der Waals surface area contributed by atoms with Crippen LogP contribution < -0.4 is 14.8 Å². The Morgan fingerprint density at radius 1 is 1.19 bits per heavy atom. The van der Waals surface area contributed by atoms with Crippen LogP contribution >= 0.6 is 15.9 Å². The van der Waals surface area contributed by atoms with Gasteiger partial charge in [-0.05, 0) is 24.3 Å². The van der Waals surface area contributed by atoms with Crippen LogP contribution in [0.4, 0.5) is 17.2 Å². The molecule has 8 heteroatoms. The number of hydrogen-bond acceptors (Lipinski definition) is 7. The van der Waals surface area contributed by atoms with Crippen LogP contribution in [-0.4, -0.2) is 28.4 Å². The number of aromatic nitrogens is 2. The lowest BCUT2D eigenvalue weighted by molar-refractivity contribution is 0.369. The van der Waals surface area contributed by atoms with E-state index in [1.165, 1.54) is 19.5 Å². The summed E-state index contributed by atoms with van der Waals surface area (Å²) in [5.41, 5.74) is 1.96. The van der Waals surface area contributed by atoms with Crippen molar-refractivity contribution in [3.8, 4) is 23.1 Å². The molecule has 0 saturated heterocycles. The lowest BCUT2D eigenvalue weighted by Crippen LogP contribution is -1.97. The molecule has 0 bridgehead atoms. The third-order valence-electron chi connectivity index (χ3n) is 3.73. The van der Waals surface area contributed by atoms with Crippen molar-refractivity contribution in [2.24, 2.45) is 4.99 Å². The Labute approximate surface area is 157 Å². The van der Waals surface area contributed by atoms with E-state index >= 15 is 0 Å². The maximum absolute atomic E-state index is 9.98. The van der Waals surface area contributed by atoms with Crippen molar-refractivity contribution in [1.29, 1.82) is 0 Å². The summed E-state index contributed by atoms with van der Waals surface area (Å²) >= 11 is 3.44. The van der Waals surface area contributed by atoms with E-state index in [-0.39, 0.29) is 11.6 Å². The number of methoxy groups -OCH3 is 1. The molecule has 7 nitrogen and oxygen atoms in total. The first-order chi connectivity index (χ1) is 12.6. The molecule has 2 aromatic carbocycles. The second-order valence-electron chi connectivity index (χ2n) is 5.43. The van der Waals surface area contributed by atoms with Crippen LogP contribution in [0.5, 0.6) is 23.1 Å². The van der Waals surface area contributed by atoms with Crippen LogP contribution in [0.1, 0.15) is 5.56 Å². The van der Waals surface area contributed by atoms with E-state index in [4.69, 9.17) is 9.47 Å². The topological polar surface area (TPSA) is 88.9 Å². The Balaban J connectivity index is 1.75. The molecule has 1 aliphatic heterocycles. The Kier molecular flexibility index (Phi) is 4.18. The zero-order chi connectivity index (χ0) is 18.1. The minimum Gasteiger partial charge on any atom is -0.504 e. The van der Waals surface area contributed by atoms with Gasteiger partial charge in [0.05, 0.1) is 7.11 Å². The average Bonchev–Trinajstić information content (AvgIpc) is 2.80. The monoisotopic (exact) mass is 412 g/mol. The number of fused-ring (bicyclic) bond motifs is 2. The zero-order valence-corrected chi connectivity index (χ0v) is 15.2. The van der Waals surface area contributed by atoms with Gasteiger partial charge in [0.1, 0.15) is 12.1 Å². The smallest absolute Gasteiger partial charge is 0.250 e. The van der Waals surface area contributed by atoms with Crippen molar-refractivity contribution in [2.75, 3.05) is 12.4 Å². The normalized spacial score (nSPS) is 11.8. The van der Waals surface area contributed by atoms with Crippen LogP contribution in [0.15, 0.2) is 52.2 Å². The lowest BCUT2D eigenvalue weighted by atomic mass is 10.2. The summed E-state index contributed by atoms with van der Waals surface area (Å²) in [5, 5.41) is 13.2.